The number of hydrogen-bond donors (Lipinski definition) is 0. The lowest BCUT2D eigenvalue weighted by molar-refractivity contribution is 0.0194. The molecule has 4 rings (SSSR count). The second-order valence-corrected chi connectivity index (χ2v) is 9.31. The summed E-state index contributed by atoms with van der Waals surface area (Å²) in [5, 5.41) is 0. The van der Waals surface area contributed by atoms with Gasteiger partial charge in [-0.15, -0.1) is 0 Å². The van der Waals surface area contributed by atoms with Gasteiger partial charge in [0.15, 0.2) is 5.78 Å². The Bertz CT molecular complexity index is 1130. The number of rotatable bonds is 7. The molecule has 3 aromatic rings. The van der Waals surface area contributed by atoms with E-state index in [-0.39, 0.29) is 23.7 Å². The molecule has 0 saturated carbocycles. The molecule has 1 fully saturated rings. The van der Waals surface area contributed by atoms with Gasteiger partial charge in [0, 0.05) is 37.3 Å². The molecule has 0 spiro atoms. The normalized spacial score (nSPS) is 20.1. The average Bonchev–Trinajstić information content (AvgIpc) is 2.83. The fraction of sp³-hybridized carbons (Fsp3) is 0.345. The van der Waals surface area contributed by atoms with Crippen LogP contribution in [0.1, 0.15) is 53.9 Å². The molecule has 3 atom stereocenters. The highest BCUT2D eigenvalue weighted by molar-refractivity contribution is 5.94. The summed E-state index contributed by atoms with van der Waals surface area (Å²) in [5.74, 6) is 0.703. The molecule has 178 valence electrons. The summed E-state index contributed by atoms with van der Waals surface area (Å²) in [6, 6.07) is 23.7. The van der Waals surface area contributed by atoms with E-state index < -0.39 is 0 Å². The van der Waals surface area contributed by atoms with Crippen LogP contribution in [-0.4, -0.2) is 47.9 Å². The summed E-state index contributed by atoms with van der Waals surface area (Å²) in [6.45, 7) is 8.56. The van der Waals surface area contributed by atoms with E-state index in [0.717, 1.165) is 47.6 Å². The van der Waals surface area contributed by atoms with Gasteiger partial charge in [0.05, 0.1) is 13.2 Å². The predicted molar refractivity (Wildman–Crippen MR) is 134 cm³/mol. The Kier molecular flexibility index (Phi) is 7.44. The number of Topliss-reactive ketones (excluding diaryl/α,β-unsaturated/α-hetero) is 1. The average molecular weight is 461 g/mol. The van der Waals surface area contributed by atoms with Crippen molar-refractivity contribution < 1.29 is 13.9 Å². The van der Waals surface area contributed by atoms with Crippen molar-refractivity contribution in [2.45, 2.75) is 45.4 Å². The first-order chi connectivity index (χ1) is 16.4. The number of nitrogens with zero attached hydrogens (tertiary/aromatic N) is 2. The molecule has 1 unspecified atom stereocenters. The highest BCUT2D eigenvalue weighted by Gasteiger charge is 2.35. The lowest BCUT2D eigenvalue weighted by Crippen LogP contribution is -2.56. The maximum absolute atomic E-state index is 13.7. The third-order valence-electron chi connectivity index (χ3n) is 6.81. The van der Waals surface area contributed by atoms with Crippen molar-refractivity contribution in [3.8, 4) is 5.75 Å². The number of hydrogen-bond acceptors (Lipinski definition) is 4. The molecular formula is C29H33FN2O2. The van der Waals surface area contributed by atoms with E-state index >= 15 is 0 Å². The summed E-state index contributed by atoms with van der Waals surface area (Å²) in [5.41, 5.74) is 4.02. The van der Waals surface area contributed by atoms with Crippen LogP contribution in [0.4, 0.5) is 4.39 Å². The second-order valence-electron chi connectivity index (χ2n) is 9.31. The molecule has 0 N–H and O–H groups in total. The molecule has 0 radical (unpaired) electrons. The first-order valence-corrected chi connectivity index (χ1v) is 11.8. The number of halogens is 1. The molecule has 1 heterocycles. The molecule has 1 aliphatic rings. The van der Waals surface area contributed by atoms with E-state index in [1.165, 1.54) is 6.07 Å². The van der Waals surface area contributed by atoms with Crippen molar-refractivity contribution in [1.29, 1.82) is 0 Å². The van der Waals surface area contributed by atoms with Crippen LogP contribution in [-0.2, 0) is 6.54 Å². The lowest BCUT2D eigenvalue weighted by atomic mass is 9.92. The zero-order chi connectivity index (χ0) is 24.2. The Morgan fingerprint density at radius 2 is 1.71 bits per heavy atom. The van der Waals surface area contributed by atoms with Crippen LogP contribution in [0.5, 0.6) is 5.75 Å². The lowest BCUT2D eigenvalue weighted by Gasteiger charge is -2.47. The highest BCUT2D eigenvalue weighted by Crippen LogP contribution is 2.35. The van der Waals surface area contributed by atoms with Gasteiger partial charge < -0.3 is 4.74 Å². The molecule has 0 amide bonds. The highest BCUT2D eigenvalue weighted by atomic mass is 19.1. The molecular weight excluding hydrogens is 427 g/mol. The Morgan fingerprint density at radius 1 is 0.971 bits per heavy atom. The number of ketones is 1. The fourth-order valence-corrected chi connectivity index (χ4v) is 4.96. The molecule has 0 aliphatic carbocycles. The first-order valence-electron chi connectivity index (χ1n) is 11.8. The second kappa shape index (κ2) is 10.5. The van der Waals surface area contributed by atoms with Gasteiger partial charge >= 0.3 is 0 Å². The van der Waals surface area contributed by atoms with Crippen molar-refractivity contribution >= 4 is 5.78 Å². The van der Waals surface area contributed by atoms with Crippen molar-refractivity contribution in [3.05, 3.63) is 101 Å². The van der Waals surface area contributed by atoms with Crippen molar-refractivity contribution in [3.63, 3.8) is 0 Å². The third-order valence-corrected chi connectivity index (χ3v) is 6.81. The van der Waals surface area contributed by atoms with Crippen LogP contribution in [0.2, 0.25) is 0 Å². The van der Waals surface area contributed by atoms with Crippen LogP contribution >= 0.6 is 0 Å². The SMILES string of the molecule is COc1cccc(C(c2ccc(C(C)=O)cc2)N2C[C@@H](C)N(Cc3cccc(F)c3)C[C@@H]2C)c1. The topological polar surface area (TPSA) is 32.8 Å². The maximum Gasteiger partial charge on any atom is 0.159 e. The van der Waals surface area contributed by atoms with Gasteiger partial charge in [0.25, 0.3) is 0 Å². The van der Waals surface area contributed by atoms with Gasteiger partial charge in [0.2, 0.25) is 0 Å². The Hall–Kier alpha value is -3.02. The number of carbonyl (C=O) groups is 1. The molecule has 4 nitrogen and oxygen atoms in total. The minimum Gasteiger partial charge on any atom is -0.497 e. The van der Waals surface area contributed by atoms with Crippen LogP contribution in [0.3, 0.4) is 0 Å². The molecule has 0 aromatic heterocycles. The van der Waals surface area contributed by atoms with E-state index in [1.807, 2.05) is 30.3 Å². The van der Waals surface area contributed by atoms with Crippen molar-refractivity contribution in [2.24, 2.45) is 0 Å². The number of carbonyl (C=O) groups excluding carboxylic acids is 1. The molecule has 1 saturated heterocycles. The van der Waals surface area contributed by atoms with Gasteiger partial charge in [-0.1, -0.05) is 48.5 Å². The molecule has 3 aromatic carbocycles. The van der Waals surface area contributed by atoms with E-state index in [4.69, 9.17) is 4.74 Å². The summed E-state index contributed by atoms with van der Waals surface area (Å²) in [7, 11) is 1.69. The quantitative estimate of drug-likeness (QED) is 0.422. The Labute approximate surface area is 202 Å². The van der Waals surface area contributed by atoms with E-state index in [2.05, 4.69) is 47.9 Å². The summed E-state index contributed by atoms with van der Waals surface area (Å²) in [6.07, 6.45) is 0. The van der Waals surface area contributed by atoms with Crippen molar-refractivity contribution in [1.82, 2.24) is 9.80 Å². The monoisotopic (exact) mass is 460 g/mol. The van der Waals surface area contributed by atoms with Crippen molar-refractivity contribution in [2.75, 3.05) is 20.2 Å². The summed E-state index contributed by atoms with van der Waals surface area (Å²) >= 11 is 0. The smallest absolute Gasteiger partial charge is 0.159 e. The zero-order valence-corrected chi connectivity index (χ0v) is 20.4. The number of piperazine rings is 1. The molecule has 5 heteroatoms. The van der Waals surface area contributed by atoms with Gasteiger partial charge in [0.1, 0.15) is 11.6 Å². The van der Waals surface area contributed by atoms with Gasteiger partial charge in [-0.2, -0.15) is 0 Å². The van der Waals surface area contributed by atoms with Crippen LogP contribution in [0, 0.1) is 5.82 Å². The van der Waals surface area contributed by atoms with E-state index in [1.54, 1.807) is 26.2 Å². The minimum atomic E-state index is -0.191. The van der Waals surface area contributed by atoms with Crippen LogP contribution < -0.4 is 4.74 Å². The van der Waals surface area contributed by atoms with Gasteiger partial charge in [-0.25, -0.2) is 4.39 Å². The number of methoxy groups -OCH3 is 1. The molecule has 1 aliphatic heterocycles. The summed E-state index contributed by atoms with van der Waals surface area (Å²) < 4.78 is 19.2. The summed E-state index contributed by atoms with van der Waals surface area (Å²) in [4.78, 5) is 16.8. The number of benzene rings is 3. The predicted octanol–water partition coefficient (Wildman–Crippen LogP) is 5.72. The Balaban J connectivity index is 1.63. The molecule has 0 bridgehead atoms. The number of ether oxygens (including phenoxy) is 1. The van der Waals surface area contributed by atoms with Gasteiger partial charge in [-0.3, -0.25) is 14.6 Å². The third kappa shape index (κ3) is 5.37. The maximum atomic E-state index is 13.7. The standard InChI is InChI=1S/C29H33FN2O2/c1-20-18-32(21(2)17-31(20)19-23-7-5-9-27(30)15-23)29(26-8-6-10-28(16-26)34-4)25-13-11-24(12-14-25)22(3)33/h5-16,20-21,29H,17-19H2,1-4H3/t20-,21+,29?/m1/s1. The van der Waals surface area contributed by atoms with Gasteiger partial charge in [-0.05, 0) is 61.7 Å². The zero-order valence-electron chi connectivity index (χ0n) is 20.4. The fourth-order valence-electron chi connectivity index (χ4n) is 4.96. The van der Waals surface area contributed by atoms with Crippen LogP contribution in [0.15, 0.2) is 72.8 Å². The molecule has 34 heavy (non-hydrogen) atoms. The first kappa shape index (κ1) is 24.1. The Morgan fingerprint density at radius 3 is 2.38 bits per heavy atom. The van der Waals surface area contributed by atoms with E-state index in [9.17, 15) is 9.18 Å². The van der Waals surface area contributed by atoms with Crippen LogP contribution in [0.25, 0.3) is 0 Å². The van der Waals surface area contributed by atoms with E-state index in [0.29, 0.717) is 6.04 Å². The largest absolute Gasteiger partial charge is 0.497 e. The minimum absolute atomic E-state index is 0.0323.